The first-order valence-electron chi connectivity index (χ1n) is 8.44. The number of amides is 1. The van der Waals surface area contributed by atoms with Crippen molar-refractivity contribution in [3.63, 3.8) is 0 Å². The van der Waals surface area contributed by atoms with Gasteiger partial charge >= 0.3 is 0 Å². The summed E-state index contributed by atoms with van der Waals surface area (Å²) < 4.78 is 1.94. The maximum absolute atomic E-state index is 12.8. The van der Waals surface area contributed by atoms with Crippen LogP contribution in [0.1, 0.15) is 18.1 Å². The molecule has 0 bridgehead atoms. The second-order valence-corrected chi connectivity index (χ2v) is 7.57. The molecule has 0 N–H and O–H groups in total. The Kier molecular flexibility index (Phi) is 5.42. The van der Waals surface area contributed by atoms with Crippen LogP contribution in [0, 0.1) is 13.8 Å². The van der Waals surface area contributed by atoms with Crippen LogP contribution in [0.25, 0.3) is 5.69 Å². The van der Waals surface area contributed by atoms with Gasteiger partial charge in [0.15, 0.2) is 5.16 Å². The van der Waals surface area contributed by atoms with E-state index in [0.717, 1.165) is 16.9 Å². The number of benzene rings is 2. The Labute approximate surface area is 158 Å². The lowest BCUT2D eigenvalue weighted by Gasteiger charge is -2.21. The quantitative estimate of drug-likeness (QED) is 0.640. The summed E-state index contributed by atoms with van der Waals surface area (Å²) in [5.41, 5.74) is 4.26. The summed E-state index contributed by atoms with van der Waals surface area (Å²) >= 11 is 1.41. The Morgan fingerprint density at radius 1 is 1.15 bits per heavy atom. The molecule has 0 fully saturated rings. The van der Waals surface area contributed by atoms with Crippen LogP contribution >= 0.6 is 11.8 Å². The Morgan fingerprint density at radius 3 is 2.58 bits per heavy atom. The molecule has 0 spiro atoms. The minimum Gasteiger partial charge on any atom is -0.315 e. The summed E-state index contributed by atoms with van der Waals surface area (Å²) in [4.78, 5) is 14.5. The summed E-state index contributed by atoms with van der Waals surface area (Å²) in [5, 5.41) is 8.68. The molecular formula is C20H22N4OS. The first-order chi connectivity index (χ1) is 12.5. The highest BCUT2D eigenvalue weighted by atomic mass is 32.2. The standard InChI is InChI=1S/C20H22N4OS/c1-14-10-11-18(15(2)12-14)24-13-21-22-20(24)26-16(3)19(25)23(4)17-8-6-5-7-9-17/h5-13,16H,1-4H3. The number of nitrogens with zero attached hydrogens (tertiary/aromatic N) is 4. The molecule has 0 aliphatic heterocycles. The number of rotatable bonds is 5. The zero-order chi connectivity index (χ0) is 18.7. The lowest BCUT2D eigenvalue weighted by Crippen LogP contribution is -2.33. The van der Waals surface area contributed by atoms with E-state index < -0.39 is 0 Å². The molecule has 0 aliphatic carbocycles. The molecule has 6 heteroatoms. The van der Waals surface area contributed by atoms with Crippen molar-refractivity contribution in [2.75, 3.05) is 11.9 Å². The molecule has 1 amide bonds. The van der Waals surface area contributed by atoms with Crippen LogP contribution in [-0.4, -0.2) is 33.0 Å². The fourth-order valence-electron chi connectivity index (χ4n) is 2.81. The van der Waals surface area contributed by atoms with Gasteiger partial charge in [-0.05, 0) is 44.5 Å². The maximum Gasteiger partial charge on any atom is 0.240 e. The molecular weight excluding hydrogens is 344 g/mol. The van der Waals surface area contributed by atoms with Crippen LogP contribution in [0.2, 0.25) is 0 Å². The van der Waals surface area contributed by atoms with Crippen molar-refractivity contribution in [3.05, 3.63) is 66.0 Å². The smallest absolute Gasteiger partial charge is 0.240 e. The normalized spacial score (nSPS) is 12.0. The monoisotopic (exact) mass is 366 g/mol. The van der Waals surface area contributed by atoms with Crippen LogP contribution in [0.4, 0.5) is 5.69 Å². The van der Waals surface area contributed by atoms with E-state index in [1.165, 1.54) is 17.3 Å². The van der Waals surface area contributed by atoms with E-state index in [-0.39, 0.29) is 11.2 Å². The number of carbonyl (C=O) groups excluding carboxylic acids is 1. The molecule has 0 saturated carbocycles. The number of hydrogen-bond acceptors (Lipinski definition) is 4. The molecule has 134 valence electrons. The molecule has 2 aromatic carbocycles. The van der Waals surface area contributed by atoms with Crippen LogP contribution in [-0.2, 0) is 4.79 Å². The first-order valence-corrected chi connectivity index (χ1v) is 9.32. The van der Waals surface area contributed by atoms with Crippen molar-refractivity contribution in [1.29, 1.82) is 0 Å². The van der Waals surface area contributed by atoms with E-state index in [4.69, 9.17) is 0 Å². The number of hydrogen-bond donors (Lipinski definition) is 0. The second kappa shape index (κ2) is 7.74. The van der Waals surface area contributed by atoms with Gasteiger partial charge in [-0.2, -0.15) is 0 Å². The van der Waals surface area contributed by atoms with Gasteiger partial charge < -0.3 is 4.90 Å². The molecule has 1 aromatic heterocycles. The van der Waals surface area contributed by atoms with Crippen molar-refractivity contribution < 1.29 is 4.79 Å². The molecule has 1 heterocycles. The van der Waals surface area contributed by atoms with Crippen LogP contribution < -0.4 is 4.90 Å². The highest BCUT2D eigenvalue weighted by molar-refractivity contribution is 8.00. The van der Waals surface area contributed by atoms with Crippen molar-refractivity contribution in [1.82, 2.24) is 14.8 Å². The van der Waals surface area contributed by atoms with E-state index in [9.17, 15) is 4.79 Å². The first kappa shape index (κ1) is 18.2. The maximum atomic E-state index is 12.8. The van der Waals surface area contributed by atoms with Gasteiger partial charge in [-0.25, -0.2) is 0 Å². The Balaban J connectivity index is 1.79. The predicted molar refractivity (Wildman–Crippen MR) is 106 cm³/mol. The molecule has 1 unspecified atom stereocenters. The predicted octanol–water partition coefficient (Wildman–Crippen LogP) is 4.03. The van der Waals surface area contributed by atoms with Gasteiger partial charge in [0, 0.05) is 12.7 Å². The topological polar surface area (TPSA) is 51.0 Å². The van der Waals surface area contributed by atoms with Gasteiger partial charge in [0.25, 0.3) is 0 Å². The molecule has 3 aromatic rings. The number of aryl methyl sites for hydroxylation is 2. The Hall–Kier alpha value is -2.60. The van der Waals surface area contributed by atoms with E-state index in [1.54, 1.807) is 18.3 Å². The van der Waals surface area contributed by atoms with Gasteiger partial charge in [-0.3, -0.25) is 9.36 Å². The van der Waals surface area contributed by atoms with Gasteiger partial charge in [-0.1, -0.05) is 47.7 Å². The summed E-state index contributed by atoms with van der Waals surface area (Å²) in [7, 11) is 1.80. The Bertz CT molecular complexity index is 907. The van der Waals surface area contributed by atoms with Gasteiger partial charge in [0.05, 0.1) is 10.9 Å². The van der Waals surface area contributed by atoms with Crippen molar-refractivity contribution in [2.24, 2.45) is 0 Å². The summed E-state index contributed by atoms with van der Waals surface area (Å²) in [6.45, 7) is 6.03. The van der Waals surface area contributed by atoms with Crippen molar-refractivity contribution in [3.8, 4) is 5.69 Å². The Morgan fingerprint density at radius 2 is 1.88 bits per heavy atom. The number of thioether (sulfide) groups is 1. The van der Waals surface area contributed by atoms with Crippen LogP contribution in [0.5, 0.6) is 0 Å². The largest absolute Gasteiger partial charge is 0.315 e. The van der Waals surface area contributed by atoms with E-state index in [0.29, 0.717) is 5.16 Å². The van der Waals surface area contributed by atoms with Gasteiger partial charge in [0.2, 0.25) is 5.91 Å². The summed E-state index contributed by atoms with van der Waals surface area (Å²) in [5.74, 6) is 0.0244. The molecule has 3 rings (SSSR count). The minimum absolute atomic E-state index is 0.0244. The average molecular weight is 366 g/mol. The lowest BCUT2D eigenvalue weighted by molar-refractivity contribution is -0.117. The van der Waals surface area contributed by atoms with Gasteiger partial charge in [0.1, 0.15) is 6.33 Å². The molecule has 1 atom stereocenters. The van der Waals surface area contributed by atoms with Crippen LogP contribution in [0.3, 0.4) is 0 Å². The third-order valence-corrected chi connectivity index (χ3v) is 5.28. The number of carbonyl (C=O) groups is 1. The molecule has 5 nitrogen and oxygen atoms in total. The fraction of sp³-hybridized carbons (Fsp3) is 0.250. The molecule has 26 heavy (non-hydrogen) atoms. The third-order valence-electron chi connectivity index (χ3n) is 4.23. The SMILES string of the molecule is Cc1ccc(-n2cnnc2SC(C)C(=O)N(C)c2ccccc2)c(C)c1. The zero-order valence-corrected chi connectivity index (χ0v) is 16.2. The van der Waals surface area contributed by atoms with Crippen molar-refractivity contribution in [2.45, 2.75) is 31.2 Å². The lowest BCUT2D eigenvalue weighted by atomic mass is 10.1. The van der Waals surface area contributed by atoms with Crippen LogP contribution in [0.15, 0.2) is 60.0 Å². The number of para-hydroxylation sites is 1. The van der Waals surface area contributed by atoms with Gasteiger partial charge in [-0.15, -0.1) is 10.2 Å². The van der Waals surface area contributed by atoms with E-state index >= 15 is 0 Å². The van der Waals surface area contributed by atoms with E-state index in [2.05, 4.69) is 42.2 Å². The molecule has 0 saturated heterocycles. The number of anilines is 1. The summed E-state index contributed by atoms with van der Waals surface area (Å²) in [6.07, 6.45) is 1.69. The second-order valence-electron chi connectivity index (χ2n) is 6.27. The van der Waals surface area contributed by atoms with E-state index in [1.807, 2.05) is 41.8 Å². The fourth-order valence-corrected chi connectivity index (χ4v) is 3.73. The highest BCUT2D eigenvalue weighted by Gasteiger charge is 2.22. The zero-order valence-electron chi connectivity index (χ0n) is 15.4. The highest BCUT2D eigenvalue weighted by Crippen LogP contribution is 2.27. The molecule has 0 aliphatic rings. The number of aromatic nitrogens is 3. The minimum atomic E-state index is -0.283. The molecule has 0 radical (unpaired) electrons. The third kappa shape index (κ3) is 3.80. The van der Waals surface area contributed by atoms with Crippen molar-refractivity contribution >= 4 is 23.4 Å². The summed E-state index contributed by atoms with van der Waals surface area (Å²) in [6, 6.07) is 15.9. The average Bonchev–Trinajstić information content (AvgIpc) is 3.09.